The van der Waals surface area contributed by atoms with Crippen LogP contribution in [0.2, 0.25) is 0 Å². The zero-order valence-electron chi connectivity index (χ0n) is 11.8. The maximum atomic E-state index is 12.6. The first kappa shape index (κ1) is 16.3. The molecule has 0 aliphatic carbocycles. The standard InChI is InChI=1S/C14H16F3N3O2/c1-9-6-13(14(15,16)17)19-20(9)11-4-2-10(3-5-11)18-7-12(22)8-21/h2-6,12,18,21-22H,7-8H2,1H3. The summed E-state index contributed by atoms with van der Waals surface area (Å²) in [6.45, 7) is 1.37. The topological polar surface area (TPSA) is 70.3 Å². The second-order valence-corrected chi connectivity index (χ2v) is 4.84. The van der Waals surface area contributed by atoms with Gasteiger partial charge in [0, 0.05) is 17.9 Å². The molecule has 5 nitrogen and oxygen atoms in total. The van der Waals surface area contributed by atoms with Gasteiger partial charge in [0.1, 0.15) is 0 Å². The molecule has 1 atom stereocenters. The van der Waals surface area contributed by atoms with E-state index in [2.05, 4.69) is 10.4 Å². The first-order valence-electron chi connectivity index (χ1n) is 6.58. The van der Waals surface area contributed by atoms with Crippen LogP contribution < -0.4 is 5.32 Å². The SMILES string of the molecule is Cc1cc(C(F)(F)F)nn1-c1ccc(NCC(O)CO)cc1. The minimum atomic E-state index is -4.47. The highest BCUT2D eigenvalue weighted by Crippen LogP contribution is 2.29. The van der Waals surface area contributed by atoms with Crippen LogP contribution in [0, 0.1) is 6.92 Å². The van der Waals surface area contributed by atoms with Gasteiger partial charge in [0.25, 0.3) is 0 Å². The average molecular weight is 315 g/mol. The second-order valence-electron chi connectivity index (χ2n) is 4.84. The lowest BCUT2D eigenvalue weighted by Gasteiger charge is -2.11. The Hall–Kier alpha value is -2.06. The van der Waals surface area contributed by atoms with Gasteiger partial charge >= 0.3 is 6.18 Å². The van der Waals surface area contributed by atoms with Crippen molar-refractivity contribution < 1.29 is 23.4 Å². The number of hydrogen-bond acceptors (Lipinski definition) is 4. The normalized spacial score (nSPS) is 13.2. The maximum Gasteiger partial charge on any atom is 0.435 e. The largest absolute Gasteiger partial charge is 0.435 e. The molecule has 0 aliphatic heterocycles. The van der Waals surface area contributed by atoms with E-state index in [1.807, 2.05) is 0 Å². The molecule has 1 aromatic heterocycles. The Labute approximate surface area is 125 Å². The van der Waals surface area contributed by atoms with E-state index < -0.39 is 18.0 Å². The highest BCUT2D eigenvalue weighted by Gasteiger charge is 2.34. The van der Waals surface area contributed by atoms with Crippen LogP contribution in [-0.4, -0.2) is 39.2 Å². The number of alkyl halides is 3. The van der Waals surface area contributed by atoms with E-state index in [0.29, 0.717) is 17.1 Å². The van der Waals surface area contributed by atoms with E-state index in [9.17, 15) is 18.3 Å². The first-order chi connectivity index (χ1) is 10.3. The third-order valence-electron chi connectivity index (χ3n) is 3.04. The number of rotatable bonds is 5. The fourth-order valence-electron chi connectivity index (χ4n) is 1.90. The molecular weight excluding hydrogens is 299 g/mol. The fourth-order valence-corrected chi connectivity index (χ4v) is 1.90. The Morgan fingerprint density at radius 2 is 1.91 bits per heavy atom. The Kier molecular flexibility index (Phi) is 4.72. The van der Waals surface area contributed by atoms with Gasteiger partial charge in [-0.15, -0.1) is 0 Å². The zero-order valence-corrected chi connectivity index (χ0v) is 11.8. The van der Waals surface area contributed by atoms with Crippen molar-refractivity contribution in [1.29, 1.82) is 0 Å². The highest BCUT2D eigenvalue weighted by atomic mass is 19.4. The predicted octanol–water partition coefficient (Wildman–Crippen LogP) is 1.96. The summed E-state index contributed by atoms with van der Waals surface area (Å²) in [5, 5.41) is 24.4. The van der Waals surface area contributed by atoms with Crippen molar-refractivity contribution in [2.75, 3.05) is 18.5 Å². The van der Waals surface area contributed by atoms with Gasteiger partial charge in [-0.3, -0.25) is 0 Å². The van der Waals surface area contributed by atoms with Crippen molar-refractivity contribution in [2.24, 2.45) is 0 Å². The molecule has 120 valence electrons. The summed E-state index contributed by atoms with van der Waals surface area (Å²) in [5.41, 5.74) is 0.625. The number of aryl methyl sites for hydroxylation is 1. The van der Waals surface area contributed by atoms with E-state index in [1.54, 1.807) is 31.2 Å². The van der Waals surface area contributed by atoms with E-state index >= 15 is 0 Å². The van der Waals surface area contributed by atoms with Crippen LogP contribution in [0.3, 0.4) is 0 Å². The van der Waals surface area contributed by atoms with E-state index in [-0.39, 0.29) is 13.2 Å². The third-order valence-corrected chi connectivity index (χ3v) is 3.04. The number of aliphatic hydroxyl groups excluding tert-OH is 2. The van der Waals surface area contributed by atoms with Crippen molar-refractivity contribution in [3.63, 3.8) is 0 Å². The zero-order chi connectivity index (χ0) is 16.3. The highest BCUT2D eigenvalue weighted by molar-refractivity contribution is 5.49. The Morgan fingerprint density at radius 1 is 1.27 bits per heavy atom. The van der Waals surface area contributed by atoms with Crippen LogP contribution in [0.15, 0.2) is 30.3 Å². The number of hydrogen-bond donors (Lipinski definition) is 3. The fraction of sp³-hybridized carbons (Fsp3) is 0.357. The second kappa shape index (κ2) is 6.37. The summed E-state index contributed by atoms with van der Waals surface area (Å²) in [4.78, 5) is 0. The average Bonchev–Trinajstić information content (AvgIpc) is 2.87. The summed E-state index contributed by atoms with van der Waals surface area (Å²) < 4.78 is 39.1. The van der Waals surface area contributed by atoms with Crippen LogP contribution in [0.5, 0.6) is 0 Å². The van der Waals surface area contributed by atoms with E-state index in [0.717, 1.165) is 6.07 Å². The molecule has 2 aromatic rings. The van der Waals surface area contributed by atoms with Crippen LogP contribution in [-0.2, 0) is 6.18 Å². The number of halogens is 3. The molecule has 1 heterocycles. The predicted molar refractivity (Wildman–Crippen MR) is 74.9 cm³/mol. The van der Waals surface area contributed by atoms with E-state index in [1.165, 1.54) is 4.68 Å². The third kappa shape index (κ3) is 3.77. The molecule has 2 rings (SSSR count). The van der Waals surface area contributed by atoms with Gasteiger partial charge in [-0.1, -0.05) is 0 Å². The lowest BCUT2D eigenvalue weighted by Crippen LogP contribution is -2.22. The van der Waals surface area contributed by atoms with Crippen LogP contribution >= 0.6 is 0 Å². The van der Waals surface area contributed by atoms with Gasteiger partial charge in [-0.2, -0.15) is 18.3 Å². The summed E-state index contributed by atoms with van der Waals surface area (Å²) >= 11 is 0. The molecule has 0 amide bonds. The summed E-state index contributed by atoms with van der Waals surface area (Å²) in [5.74, 6) is 0. The lowest BCUT2D eigenvalue weighted by molar-refractivity contribution is -0.141. The Bertz CT molecular complexity index is 623. The van der Waals surface area contributed by atoms with Crippen LogP contribution in [0.4, 0.5) is 18.9 Å². The number of benzene rings is 1. The Balaban J connectivity index is 2.15. The molecule has 0 fully saturated rings. The first-order valence-corrected chi connectivity index (χ1v) is 6.58. The van der Waals surface area contributed by atoms with Crippen molar-refractivity contribution in [3.05, 3.63) is 41.7 Å². The van der Waals surface area contributed by atoms with Crippen LogP contribution in [0.1, 0.15) is 11.4 Å². The van der Waals surface area contributed by atoms with Gasteiger partial charge in [0.05, 0.1) is 18.4 Å². The van der Waals surface area contributed by atoms with Crippen molar-refractivity contribution >= 4 is 5.69 Å². The lowest BCUT2D eigenvalue weighted by atomic mass is 10.2. The quantitative estimate of drug-likeness (QED) is 0.789. The number of nitrogens with zero attached hydrogens (tertiary/aromatic N) is 2. The van der Waals surface area contributed by atoms with Crippen molar-refractivity contribution in [1.82, 2.24) is 9.78 Å². The molecular formula is C14H16F3N3O2. The molecule has 0 saturated carbocycles. The molecule has 1 unspecified atom stereocenters. The van der Waals surface area contributed by atoms with Gasteiger partial charge in [-0.05, 0) is 37.3 Å². The Morgan fingerprint density at radius 3 is 2.41 bits per heavy atom. The van der Waals surface area contributed by atoms with Crippen LogP contribution in [0.25, 0.3) is 5.69 Å². The van der Waals surface area contributed by atoms with Gasteiger partial charge < -0.3 is 15.5 Å². The molecule has 0 saturated heterocycles. The number of aromatic nitrogens is 2. The van der Waals surface area contributed by atoms with E-state index in [4.69, 9.17) is 5.11 Å². The summed E-state index contributed by atoms with van der Waals surface area (Å²) in [6, 6.07) is 7.55. The summed E-state index contributed by atoms with van der Waals surface area (Å²) in [6.07, 6.45) is -5.35. The van der Waals surface area contributed by atoms with Gasteiger partial charge in [0.15, 0.2) is 5.69 Å². The number of nitrogens with one attached hydrogen (secondary N) is 1. The molecule has 3 N–H and O–H groups in total. The minimum Gasteiger partial charge on any atom is -0.394 e. The molecule has 1 aromatic carbocycles. The van der Waals surface area contributed by atoms with Crippen molar-refractivity contribution in [3.8, 4) is 5.69 Å². The molecule has 0 bridgehead atoms. The smallest absolute Gasteiger partial charge is 0.394 e. The van der Waals surface area contributed by atoms with Crippen molar-refractivity contribution in [2.45, 2.75) is 19.2 Å². The monoisotopic (exact) mass is 315 g/mol. The molecule has 8 heteroatoms. The molecule has 0 spiro atoms. The molecule has 0 aliphatic rings. The number of anilines is 1. The molecule has 0 radical (unpaired) electrons. The minimum absolute atomic E-state index is 0.175. The number of aliphatic hydroxyl groups is 2. The molecule has 22 heavy (non-hydrogen) atoms. The maximum absolute atomic E-state index is 12.6. The summed E-state index contributed by atoms with van der Waals surface area (Å²) in [7, 11) is 0. The van der Waals surface area contributed by atoms with Gasteiger partial charge in [0.2, 0.25) is 0 Å². The van der Waals surface area contributed by atoms with Gasteiger partial charge in [-0.25, -0.2) is 4.68 Å².